The number of hydrogen-bond donors (Lipinski definition) is 2. The lowest BCUT2D eigenvalue weighted by Gasteiger charge is -2.38. The van der Waals surface area contributed by atoms with Crippen molar-refractivity contribution in [2.45, 2.75) is 50.0 Å². The normalized spacial score (nSPS) is 17.4. The van der Waals surface area contributed by atoms with Crippen LogP contribution in [0.1, 0.15) is 44.1 Å². The minimum Gasteiger partial charge on any atom is -0.493 e. The SMILES string of the molecule is COc1ccc(C2(CNC(=O)CC(CN)OC)CCCCC2)cc1OC. The van der Waals surface area contributed by atoms with Gasteiger partial charge in [-0.3, -0.25) is 4.79 Å². The summed E-state index contributed by atoms with van der Waals surface area (Å²) in [6.45, 7) is 0.951. The minimum absolute atomic E-state index is 0.0206. The number of methoxy groups -OCH3 is 3. The maximum atomic E-state index is 12.3. The van der Waals surface area contributed by atoms with E-state index >= 15 is 0 Å². The van der Waals surface area contributed by atoms with Gasteiger partial charge in [-0.2, -0.15) is 0 Å². The van der Waals surface area contributed by atoms with Crippen molar-refractivity contribution in [3.63, 3.8) is 0 Å². The van der Waals surface area contributed by atoms with E-state index in [4.69, 9.17) is 19.9 Å². The molecule has 1 unspecified atom stereocenters. The summed E-state index contributed by atoms with van der Waals surface area (Å²) < 4.78 is 16.0. The highest BCUT2D eigenvalue weighted by Gasteiger charge is 2.35. The van der Waals surface area contributed by atoms with E-state index in [1.165, 1.54) is 12.0 Å². The molecule has 1 aromatic rings. The molecule has 1 aliphatic carbocycles. The lowest BCUT2D eigenvalue weighted by molar-refractivity contribution is -0.123. The van der Waals surface area contributed by atoms with Crippen LogP contribution in [0.2, 0.25) is 0 Å². The fourth-order valence-electron chi connectivity index (χ4n) is 3.77. The zero-order valence-electron chi connectivity index (χ0n) is 16.2. The zero-order valence-corrected chi connectivity index (χ0v) is 16.2. The summed E-state index contributed by atoms with van der Waals surface area (Å²) in [6, 6.07) is 6.09. The molecule has 1 aromatic carbocycles. The van der Waals surface area contributed by atoms with Gasteiger partial charge < -0.3 is 25.3 Å². The Kier molecular flexibility index (Phi) is 7.72. The molecular formula is C20H32N2O4. The fraction of sp³-hybridized carbons (Fsp3) is 0.650. The van der Waals surface area contributed by atoms with E-state index in [1.807, 2.05) is 12.1 Å². The van der Waals surface area contributed by atoms with Crippen molar-refractivity contribution in [2.75, 3.05) is 34.4 Å². The Bertz CT molecular complexity index is 581. The number of ether oxygens (including phenoxy) is 3. The first-order valence-corrected chi connectivity index (χ1v) is 9.30. The van der Waals surface area contributed by atoms with Gasteiger partial charge in [-0.15, -0.1) is 0 Å². The largest absolute Gasteiger partial charge is 0.493 e. The van der Waals surface area contributed by atoms with Crippen LogP contribution in [0.4, 0.5) is 0 Å². The first kappa shape index (κ1) is 20.5. The Morgan fingerprint density at radius 1 is 1.15 bits per heavy atom. The molecule has 1 amide bonds. The van der Waals surface area contributed by atoms with E-state index in [9.17, 15) is 4.79 Å². The van der Waals surface area contributed by atoms with E-state index in [1.54, 1.807) is 21.3 Å². The molecule has 1 saturated carbocycles. The molecule has 0 spiro atoms. The number of nitrogens with one attached hydrogen (secondary N) is 1. The Morgan fingerprint density at radius 3 is 2.42 bits per heavy atom. The number of carbonyl (C=O) groups excluding carboxylic acids is 1. The number of hydrogen-bond acceptors (Lipinski definition) is 5. The maximum absolute atomic E-state index is 12.3. The summed E-state index contributed by atoms with van der Waals surface area (Å²) in [5.41, 5.74) is 6.74. The van der Waals surface area contributed by atoms with Crippen LogP contribution in [0.5, 0.6) is 11.5 Å². The molecule has 0 aliphatic heterocycles. The van der Waals surface area contributed by atoms with Gasteiger partial charge in [-0.05, 0) is 30.5 Å². The second-order valence-electron chi connectivity index (χ2n) is 6.99. The molecule has 0 saturated heterocycles. The number of amides is 1. The predicted octanol–water partition coefficient (Wildman–Crippen LogP) is 2.39. The summed E-state index contributed by atoms with van der Waals surface area (Å²) in [5, 5.41) is 3.11. The highest BCUT2D eigenvalue weighted by Crippen LogP contribution is 2.42. The molecule has 2 rings (SSSR count). The van der Waals surface area contributed by atoms with Crippen LogP contribution in [0.3, 0.4) is 0 Å². The van der Waals surface area contributed by atoms with Gasteiger partial charge in [0.1, 0.15) is 0 Å². The third kappa shape index (κ3) is 4.89. The minimum atomic E-state index is -0.238. The Labute approximate surface area is 156 Å². The first-order chi connectivity index (χ1) is 12.6. The highest BCUT2D eigenvalue weighted by molar-refractivity contribution is 5.76. The van der Waals surface area contributed by atoms with E-state index in [0.29, 0.717) is 13.1 Å². The van der Waals surface area contributed by atoms with Gasteiger partial charge >= 0.3 is 0 Å². The van der Waals surface area contributed by atoms with Gasteiger partial charge in [0, 0.05) is 25.6 Å². The summed E-state index contributed by atoms with van der Waals surface area (Å²) >= 11 is 0. The van der Waals surface area contributed by atoms with E-state index in [2.05, 4.69) is 11.4 Å². The number of nitrogens with two attached hydrogens (primary N) is 1. The van der Waals surface area contributed by atoms with Crippen molar-refractivity contribution in [1.29, 1.82) is 0 Å². The monoisotopic (exact) mass is 364 g/mol. The smallest absolute Gasteiger partial charge is 0.222 e. The molecule has 26 heavy (non-hydrogen) atoms. The average Bonchev–Trinajstić information content (AvgIpc) is 2.70. The number of carbonyl (C=O) groups is 1. The maximum Gasteiger partial charge on any atom is 0.222 e. The van der Waals surface area contributed by atoms with Crippen LogP contribution >= 0.6 is 0 Å². The Hall–Kier alpha value is -1.79. The van der Waals surface area contributed by atoms with Crippen molar-refractivity contribution >= 4 is 5.91 Å². The number of rotatable bonds is 9. The van der Waals surface area contributed by atoms with Crippen molar-refractivity contribution in [1.82, 2.24) is 5.32 Å². The van der Waals surface area contributed by atoms with Crippen LogP contribution in [0.25, 0.3) is 0 Å². The Morgan fingerprint density at radius 2 is 1.85 bits per heavy atom. The van der Waals surface area contributed by atoms with Crippen LogP contribution in [-0.2, 0) is 14.9 Å². The van der Waals surface area contributed by atoms with Gasteiger partial charge in [0.25, 0.3) is 0 Å². The molecule has 3 N–H and O–H groups in total. The molecule has 6 heteroatoms. The van der Waals surface area contributed by atoms with E-state index < -0.39 is 0 Å². The van der Waals surface area contributed by atoms with Crippen LogP contribution < -0.4 is 20.5 Å². The summed E-state index contributed by atoms with van der Waals surface area (Å²) in [7, 11) is 4.86. The van der Waals surface area contributed by atoms with Crippen LogP contribution in [-0.4, -0.2) is 46.4 Å². The molecule has 1 aliphatic rings. The van der Waals surface area contributed by atoms with Crippen molar-refractivity contribution in [3.8, 4) is 11.5 Å². The molecular weight excluding hydrogens is 332 g/mol. The van der Waals surface area contributed by atoms with Crippen molar-refractivity contribution in [2.24, 2.45) is 5.73 Å². The van der Waals surface area contributed by atoms with E-state index in [0.717, 1.165) is 37.2 Å². The van der Waals surface area contributed by atoms with Gasteiger partial charge in [0.05, 0.1) is 26.7 Å². The molecule has 0 bridgehead atoms. The summed E-state index contributed by atoms with van der Waals surface area (Å²) in [6.07, 6.45) is 5.71. The molecule has 146 valence electrons. The molecule has 0 radical (unpaired) electrons. The third-order valence-electron chi connectivity index (χ3n) is 5.44. The standard InChI is InChI=1S/C20H32N2O4/c1-24-16(13-21)12-19(23)22-14-20(9-5-4-6-10-20)15-7-8-17(25-2)18(11-15)26-3/h7-8,11,16H,4-6,9-10,12-14,21H2,1-3H3,(H,22,23). The molecule has 0 aromatic heterocycles. The van der Waals surface area contributed by atoms with Crippen LogP contribution in [0, 0.1) is 0 Å². The first-order valence-electron chi connectivity index (χ1n) is 9.30. The van der Waals surface area contributed by atoms with Gasteiger partial charge in [0.15, 0.2) is 11.5 Å². The average molecular weight is 364 g/mol. The molecule has 0 heterocycles. The molecule has 1 atom stereocenters. The quantitative estimate of drug-likeness (QED) is 0.703. The number of benzene rings is 1. The third-order valence-corrected chi connectivity index (χ3v) is 5.44. The molecule has 1 fully saturated rings. The second-order valence-corrected chi connectivity index (χ2v) is 6.99. The van der Waals surface area contributed by atoms with Gasteiger partial charge in [-0.1, -0.05) is 25.3 Å². The summed E-state index contributed by atoms with van der Waals surface area (Å²) in [5.74, 6) is 1.42. The van der Waals surface area contributed by atoms with Gasteiger partial charge in [-0.25, -0.2) is 0 Å². The zero-order chi connectivity index (χ0) is 19.0. The topological polar surface area (TPSA) is 82.8 Å². The predicted molar refractivity (Wildman–Crippen MR) is 102 cm³/mol. The van der Waals surface area contributed by atoms with Gasteiger partial charge in [0.2, 0.25) is 5.91 Å². The second kappa shape index (κ2) is 9.78. The van der Waals surface area contributed by atoms with Crippen LogP contribution in [0.15, 0.2) is 18.2 Å². The lowest BCUT2D eigenvalue weighted by Crippen LogP contribution is -2.43. The van der Waals surface area contributed by atoms with Crippen molar-refractivity contribution < 1.29 is 19.0 Å². The lowest BCUT2D eigenvalue weighted by atomic mass is 9.69. The molecule has 6 nitrogen and oxygen atoms in total. The summed E-state index contributed by atoms with van der Waals surface area (Å²) in [4.78, 5) is 12.3. The Balaban J connectivity index is 2.16. The highest BCUT2D eigenvalue weighted by atomic mass is 16.5. The van der Waals surface area contributed by atoms with E-state index in [-0.39, 0.29) is 23.8 Å². The fourth-order valence-corrected chi connectivity index (χ4v) is 3.77. The van der Waals surface area contributed by atoms with Crippen molar-refractivity contribution in [3.05, 3.63) is 23.8 Å².